The van der Waals surface area contributed by atoms with E-state index in [-0.39, 0.29) is 24.9 Å². The minimum Gasteiger partial charge on any atom is -0.480 e. The molecule has 0 spiro atoms. The van der Waals surface area contributed by atoms with E-state index >= 15 is 0 Å². The maximum Gasteiger partial charge on any atom is 0.320 e. The molecule has 2 fully saturated rings. The number of amides is 1. The minimum absolute atomic E-state index is 0. The molecule has 24 heavy (non-hydrogen) atoms. The average molecular weight is 353 g/mol. The molecule has 1 aliphatic heterocycles. The molecule has 0 aromatic heterocycles. The van der Waals surface area contributed by atoms with Crippen LogP contribution in [0.25, 0.3) is 0 Å². The van der Waals surface area contributed by atoms with Gasteiger partial charge in [0.05, 0.1) is 6.54 Å². The van der Waals surface area contributed by atoms with E-state index in [4.69, 9.17) is 0 Å². The Hall–Kier alpha value is -1.59. The van der Waals surface area contributed by atoms with Gasteiger partial charge in [-0.15, -0.1) is 12.4 Å². The summed E-state index contributed by atoms with van der Waals surface area (Å²) < 4.78 is 0. The largest absolute Gasteiger partial charge is 0.480 e. The summed E-state index contributed by atoms with van der Waals surface area (Å²) in [7, 11) is 0. The fraction of sp³-hybridized carbons (Fsp3) is 0.556. The lowest BCUT2D eigenvalue weighted by atomic mass is 10.0. The molecule has 3 rings (SSSR count). The first kappa shape index (κ1) is 18.7. The van der Waals surface area contributed by atoms with Crippen molar-refractivity contribution >= 4 is 24.3 Å². The second-order valence-electron chi connectivity index (χ2n) is 6.56. The Morgan fingerprint density at radius 2 is 1.83 bits per heavy atom. The van der Waals surface area contributed by atoms with Crippen LogP contribution >= 0.6 is 12.4 Å². The van der Waals surface area contributed by atoms with Crippen LogP contribution in [0.2, 0.25) is 0 Å². The van der Waals surface area contributed by atoms with Crippen molar-refractivity contribution in [3.8, 4) is 0 Å². The third kappa shape index (κ3) is 4.71. The van der Waals surface area contributed by atoms with E-state index in [1.165, 1.54) is 0 Å². The summed E-state index contributed by atoms with van der Waals surface area (Å²) in [5, 5.41) is 9.35. The number of carbonyl (C=O) groups is 2. The number of hydrogen-bond acceptors (Lipinski definition) is 3. The standard InChI is InChI=1S/C18H24N2O3.ClH/c21-17(13-19-11-5-4-8-16(19)18(22)23)20(15-9-10-15)12-14-6-2-1-3-7-14;/h1-3,6-7,15-16H,4-5,8-13H2,(H,22,23);1H. The number of carboxylic acids is 1. The van der Waals surface area contributed by atoms with Crippen LogP contribution in [-0.2, 0) is 16.1 Å². The van der Waals surface area contributed by atoms with Gasteiger partial charge in [0.2, 0.25) is 5.91 Å². The van der Waals surface area contributed by atoms with Crippen LogP contribution in [0.15, 0.2) is 30.3 Å². The lowest BCUT2D eigenvalue weighted by molar-refractivity contribution is -0.146. The topological polar surface area (TPSA) is 60.9 Å². The second-order valence-corrected chi connectivity index (χ2v) is 6.56. The zero-order valence-corrected chi connectivity index (χ0v) is 14.6. The molecule has 1 aliphatic carbocycles. The van der Waals surface area contributed by atoms with Crippen molar-refractivity contribution in [2.24, 2.45) is 0 Å². The van der Waals surface area contributed by atoms with Gasteiger partial charge in [-0.25, -0.2) is 0 Å². The van der Waals surface area contributed by atoms with Gasteiger partial charge in [-0.05, 0) is 37.8 Å². The van der Waals surface area contributed by atoms with E-state index in [1.807, 2.05) is 40.1 Å². The highest BCUT2D eigenvalue weighted by molar-refractivity contribution is 5.85. The lowest BCUT2D eigenvalue weighted by Gasteiger charge is -2.34. The first-order valence-corrected chi connectivity index (χ1v) is 8.45. The lowest BCUT2D eigenvalue weighted by Crippen LogP contribution is -2.50. The number of carbonyl (C=O) groups excluding carboxylic acids is 1. The molecule has 1 heterocycles. The molecule has 1 N–H and O–H groups in total. The summed E-state index contributed by atoms with van der Waals surface area (Å²) in [5.74, 6) is -0.747. The third-order valence-corrected chi connectivity index (χ3v) is 4.74. The van der Waals surface area contributed by atoms with Gasteiger partial charge < -0.3 is 10.0 Å². The molecule has 1 aromatic rings. The van der Waals surface area contributed by atoms with Gasteiger partial charge in [0, 0.05) is 12.6 Å². The summed E-state index contributed by atoms with van der Waals surface area (Å²) in [6.45, 7) is 1.54. The van der Waals surface area contributed by atoms with Gasteiger partial charge >= 0.3 is 5.97 Å². The summed E-state index contributed by atoms with van der Waals surface area (Å²) in [5.41, 5.74) is 1.13. The Kier molecular flexibility index (Phi) is 6.63. The molecule has 2 aliphatic rings. The number of rotatable bonds is 6. The van der Waals surface area contributed by atoms with Crippen LogP contribution in [0.4, 0.5) is 0 Å². The molecule has 1 unspecified atom stereocenters. The number of benzene rings is 1. The summed E-state index contributed by atoms with van der Waals surface area (Å²) in [4.78, 5) is 27.9. The van der Waals surface area contributed by atoms with Crippen molar-refractivity contribution in [1.82, 2.24) is 9.80 Å². The Balaban J connectivity index is 0.00000208. The normalized spacial score (nSPS) is 20.9. The molecular weight excluding hydrogens is 328 g/mol. The number of aliphatic carboxylic acids is 1. The van der Waals surface area contributed by atoms with Crippen LogP contribution < -0.4 is 0 Å². The Labute approximate surface area is 149 Å². The highest BCUT2D eigenvalue weighted by atomic mass is 35.5. The van der Waals surface area contributed by atoms with E-state index in [1.54, 1.807) is 0 Å². The highest BCUT2D eigenvalue weighted by Gasteiger charge is 2.35. The fourth-order valence-electron chi connectivity index (χ4n) is 3.31. The van der Waals surface area contributed by atoms with E-state index in [0.717, 1.165) is 31.2 Å². The van der Waals surface area contributed by atoms with Gasteiger partial charge in [-0.2, -0.15) is 0 Å². The van der Waals surface area contributed by atoms with Crippen molar-refractivity contribution in [3.05, 3.63) is 35.9 Å². The van der Waals surface area contributed by atoms with E-state index < -0.39 is 12.0 Å². The maximum absolute atomic E-state index is 12.8. The first-order chi connectivity index (χ1) is 11.1. The number of halogens is 1. The van der Waals surface area contributed by atoms with E-state index in [2.05, 4.69) is 0 Å². The molecular formula is C18H25ClN2O3. The zero-order valence-electron chi connectivity index (χ0n) is 13.8. The number of likely N-dealkylation sites (tertiary alicyclic amines) is 1. The molecule has 0 bridgehead atoms. The summed E-state index contributed by atoms with van der Waals surface area (Å²) in [6, 6.07) is 9.82. The van der Waals surface area contributed by atoms with Crippen LogP contribution in [0.1, 0.15) is 37.7 Å². The molecule has 0 radical (unpaired) electrons. The Morgan fingerprint density at radius 1 is 1.12 bits per heavy atom. The number of carboxylic acid groups (broad SMARTS) is 1. The van der Waals surface area contributed by atoms with Crippen molar-refractivity contribution in [2.45, 2.75) is 50.7 Å². The summed E-state index contributed by atoms with van der Waals surface area (Å²) >= 11 is 0. The molecule has 1 saturated heterocycles. The minimum atomic E-state index is -0.807. The fourth-order valence-corrected chi connectivity index (χ4v) is 3.31. The maximum atomic E-state index is 12.8. The van der Waals surface area contributed by atoms with Gasteiger partial charge in [0.25, 0.3) is 0 Å². The monoisotopic (exact) mass is 352 g/mol. The number of hydrogen-bond donors (Lipinski definition) is 1. The van der Waals surface area contributed by atoms with Gasteiger partial charge in [0.15, 0.2) is 0 Å². The molecule has 5 nitrogen and oxygen atoms in total. The van der Waals surface area contributed by atoms with Gasteiger partial charge in [-0.1, -0.05) is 36.8 Å². The second kappa shape index (κ2) is 8.49. The Morgan fingerprint density at radius 3 is 2.46 bits per heavy atom. The molecule has 1 saturated carbocycles. The third-order valence-electron chi connectivity index (χ3n) is 4.74. The van der Waals surface area contributed by atoms with Crippen molar-refractivity contribution in [1.29, 1.82) is 0 Å². The predicted octanol–water partition coefficient (Wildman–Crippen LogP) is 2.54. The molecule has 1 atom stereocenters. The molecule has 1 aromatic carbocycles. The smallest absolute Gasteiger partial charge is 0.320 e. The van der Waals surface area contributed by atoms with E-state index in [0.29, 0.717) is 25.6 Å². The Bertz CT molecular complexity index is 563. The van der Waals surface area contributed by atoms with Crippen LogP contribution in [0, 0.1) is 0 Å². The molecule has 132 valence electrons. The zero-order chi connectivity index (χ0) is 16.2. The average Bonchev–Trinajstić information content (AvgIpc) is 3.38. The van der Waals surface area contributed by atoms with Crippen LogP contribution in [0.5, 0.6) is 0 Å². The van der Waals surface area contributed by atoms with Gasteiger partial charge in [-0.3, -0.25) is 14.5 Å². The number of nitrogens with zero attached hydrogens (tertiary/aromatic N) is 2. The number of piperidine rings is 1. The molecule has 6 heteroatoms. The van der Waals surface area contributed by atoms with Crippen LogP contribution in [-0.4, -0.2) is 52.0 Å². The van der Waals surface area contributed by atoms with Crippen LogP contribution in [0.3, 0.4) is 0 Å². The predicted molar refractivity (Wildman–Crippen MR) is 94.1 cm³/mol. The van der Waals surface area contributed by atoms with E-state index in [9.17, 15) is 14.7 Å². The van der Waals surface area contributed by atoms with Crippen molar-refractivity contribution < 1.29 is 14.7 Å². The SMILES string of the molecule is Cl.O=C(O)C1CCCCN1CC(=O)N(Cc1ccccc1)C1CC1. The first-order valence-electron chi connectivity index (χ1n) is 8.45. The van der Waals surface area contributed by atoms with Gasteiger partial charge in [0.1, 0.15) is 6.04 Å². The quantitative estimate of drug-likeness (QED) is 0.854. The summed E-state index contributed by atoms with van der Waals surface area (Å²) in [6.07, 6.45) is 4.66. The van der Waals surface area contributed by atoms with Crippen molar-refractivity contribution in [2.75, 3.05) is 13.1 Å². The van der Waals surface area contributed by atoms with Crippen molar-refractivity contribution in [3.63, 3.8) is 0 Å². The highest BCUT2D eigenvalue weighted by Crippen LogP contribution is 2.29. The molecule has 1 amide bonds.